The topological polar surface area (TPSA) is 49.4 Å². The van der Waals surface area contributed by atoms with Crippen LogP contribution in [0.3, 0.4) is 0 Å². The number of thioether (sulfide) groups is 1. The van der Waals surface area contributed by atoms with Crippen LogP contribution in [0.15, 0.2) is 59.5 Å². The molecule has 2 aromatic rings. The number of nitrogens with one attached hydrogen (secondary N) is 1. The molecule has 5 heteroatoms. The average Bonchev–Trinajstić information content (AvgIpc) is 2.88. The first kappa shape index (κ1) is 16.6. The van der Waals surface area contributed by atoms with Gasteiger partial charge in [-0.05, 0) is 42.5 Å². The van der Waals surface area contributed by atoms with Crippen molar-refractivity contribution in [3.63, 3.8) is 0 Å². The minimum Gasteiger partial charge on any atom is -0.373 e. The van der Waals surface area contributed by atoms with Gasteiger partial charge in [0.1, 0.15) is 6.04 Å². The number of rotatable bonds is 6. The molecule has 0 bridgehead atoms. The molecule has 1 atom stereocenters. The second-order valence-electron chi connectivity index (χ2n) is 5.75. The smallest absolute Gasteiger partial charge is 0.252 e. The Morgan fingerprint density at radius 1 is 1.08 bits per heavy atom. The molecule has 0 unspecified atom stereocenters. The van der Waals surface area contributed by atoms with Gasteiger partial charge in [0.25, 0.3) is 5.91 Å². The summed E-state index contributed by atoms with van der Waals surface area (Å²) in [6.45, 7) is 0.436. The largest absolute Gasteiger partial charge is 0.373 e. The highest BCUT2D eigenvalue weighted by Crippen LogP contribution is 2.21. The first-order valence-corrected chi connectivity index (χ1v) is 9.18. The molecule has 1 aliphatic heterocycles. The summed E-state index contributed by atoms with van der Waals surface area (Å²) >= 11 is 1.67. The Morgan fingerprint density at radius 2 is 1.79 bits per heavy atom. The van der Waals surface area contributed by atoms with Gasteiger partial charge in [-0.2, -0.15) is 0 Å². The van der Waals surface area contributed by atoms with Crippen molar-refractivity contribution in [2.75, 3.05) is 18.1 Å². The zero-order valence-corrected chi connectivity index (χ0v) is 14.4. The lowest BCUT2D eigenvalue weighted by Gasteiger charge is -2.16. The van der Waals surface area contributed by atoms with Crippen LogP contribution in [-0.2, 0) is 16.0 Å². The maximum Gasteiger partial charge on any atom is 0.252 e. The van der Waals surface area contributed by atoms with E-state index in [1.54, 1.807) is 11.8 Å². The summed E-state index contributed by atoms with van der Waals surface area (Å²) in [4.78, 5) is 27.2. The summed E-state index contributed by atoms with van der Waals surface area (Å²) in [5, 5.41) is 3.18. The molecule has 0 saturated carbocycles. The Morgan fingerprint density at radius 3 is 2.46 bits per heavy atom. The van der Waals surface area contributed by atoms with E-state index >= 15 is 0 Å². The number of nitrogens with zero attached hydrogens (tertiary/aromatic N) is 1. The number of amides is 2. The number of hydrogen-bond donors (Lipinski definition) is 1. The van der Waals surface area contributed by atoms with E-state index in [1.165, 1.54) is 9.80 Å². The van der Waals surface area contributed by atoms with Gasteiger partial charge in [0.2, 0.25) is 5.91 Å². The predicted molar refractivity (Wildman–Crippen MR) is 97.1 cm³/mol. The van der Waals surface area contributed by atoms with Crippen molar-refractivity contribution in [3.05, 3.63) is 60.2 Å². The quantitative estimate of drug-likeness (QED) is 0.648. The molecule has 0 aliphatic carbocycles. The van der Waals surface area contributed by atoms with Gasteiger partial charge in [0, 0.05) is 17.1 Å². The number of likely N-dealkylation sites (tertiary alicyclic amines) is 1. The highest BCUT2D eigenvalue weighted by molar-refractivity contribution is 7.98. The second kappa shape index (κ2) is 7.53. The van der Waals surface area contributed by atoms with E-state index in [2.05, 4.69) is 5.32 Å². The summed E-state index contributed by atoms with van der Waals surface area (Å²) in [6, 6.07) is 17.3. The van der Waals surface area contributed by atoms with Crippen molar-refractivity contribution in [3.8, 4) is 0 Å². The summed E-state index contributed by atoms with van der Waals surface area (Å²) in [6.07, 6.45) is 2.93. The van der Waals surface area contributed by atoms with Crippen LogP contribution in [0.5, 0.6) is 0 Å². The van der Waals surface area contributed by atoms with Crippen LogP contribution in [0.4, 0.5) is 5.69 Å². The molecule has 0 radical (unpaired) electrons. The van der Waals surface area contributed by atoms with Crippen molar-refractivity contribution in [1.82, 2.24) is 4.90 Å². The number of hydrogen-bond acceptors (Lipinski definition) is 4. The SMILES string of the molecule is CSc1ccc(N[C@@H]2CC(=O)N(CCc3ccccc3)C2=O)cc1. The molecular weight excluding hydrogens is 320 g/mol. The number of benzene rings is 2. The number of anilines is 1. The van der Waals surface area contributed by atoms with Gasteiger partial charge in [-0.1, -0.05) is 30.3 Å². The third kappa shape index (κ3) is 3.79. The maximum atomic E-state index is 12.5. The normalized spacial score (nSPS) is 17.4. The molecule has 1 fully saturated rings. The van der Waals surface area contributed by atoms with Crippen LogP contribution < -0.4 is 5.32 Å². The first-order valence-electron chi connectivity index (χ1n) is 7.96. The molecule has 1 N–H and O–H groups in total. The molecular formula is C19H20N2O2S. The molecule has 2 aromatic carbocycles. The van der Waals surface area contributed by atoms with E-state index < -0.39 is 6.04 Å². The van der Waals surface area contributed by atoms with Crippen molar-refractivity contribution < 1.29 is 9.59 Å². The highest BCUT2D eigenvalue weighted by atomic mass is 32.2. The van der Waals surface area contributed by atoms with Gasteiger partial charge >= 0.3 is 0 Å². The Bertz CT molecular complexity index is 716. The molecule has 2 amide bonds. The zero-order valence-electron chi connectivity index (χ0n) is 13.6. The van der Waals surface area contributed by atoms with Crippen molar-refractivity contribution >= 4 is 29.3 Å². The fourth-order valence-corrected chi connectivity index (χ4v) is 3.21. The summed E-state index contributed by atoms with van der Waals surface area (Å²) in [5.74, 6) is -0.237. The standard InChI is InChI=1S/C19H20N2O2S/c1-24-16-9-7-15(8-10-16)20-17-13-18(22)21(19(17)23)12-11-14-5-3-2-4-6-14/h2-10,17,20H,11-13H2,1H3/t17-/m1/s1. The third-order valence-corrected chi connectivity index (χ3v) is 4.89. The molecule has 4 nitrogen and oxygen atoms in total. The van der Waals surface area contributed by atoms with Gasteiger partial charge in [0.15, 0.2) is 0 Å². The molecule has 0 aromatic heterocycles. The Kier molecular flexibility index (Phi) is 5.20. The molecule has 1 heterocycles. The van der Waals surface area contributed by atoms with Gasteiger partial charge in [0.05, 0.1) is 6.42 Å². The van der Waals surface area contributed by atoms with Crippen molar-refractivity contribution in [2.24, 2.45) is 0 Å². The molecule has 24 heavy (non-hydrogen) atoms. The molecule has 0 spiro atoms. The van der Waals surface area contributed by atoms with E-state index in [0.717, 1.165) is 11.3 Å². The minimum absolute atomic E-state index is 0.103. The van der Waals surface area contributed by atoms with Crippen LogP contribution in [0.2, 0.25) is 0 Å². The van der Waals surface area contributed by atoms with Crippen LogP contribution in [-0.4, -0.2) is 35.6 Å². The van der Waals surface area contributed by atoms with Crippen LogP contribution in [0, 0.1) is 0 Å². The molecule has 1 saturated heterocycles. The fourth-order valence-electron chi connectivity index (χ4n) is 2.80. The molecule has 1 aliphatic rings. The Labute approximate surface area is 146 Å². The Balaban J connectivity index is 1.60. The lowest BCUT2D eigenvalue weighted by Crippen LogP contribution is -2.36. The average molecular weight is 340 g/mol. The third-order valence-electron chi connectivity index (χ3n) is 4.14. The van der Waals surface area contributed by atoms with E-state index in [0.29, 0.717) is 13.0 Å². The number of carbonyl (C=O) groups is 2. The van der Waals surface area contributed by atoms with Gasteiger partial charge in [-0.25, -0.2) is 0 Å². The summed E-state index contributed by atoms with van der Waals surface area (Å²) in [5.41, 5.74) is 1.99. The van der Waals surface area contributed by atoms with Crippen LogP contribution >= 0.6 is 11.8 Å². The first-order chi connectivity index (χ1) is 11.7. The van der Waals surface area contributed by atoms with Gasteiger partial charge < -0.3 is 5.32 Å². The lowest BCUT2D eigenvalue weighted by molar-refractivity contribution is -0.138. The van der Waals surface area contributed by atoms with E-state index in [9.17, 15) is 9.59 Å². The zero-order chi connectivity index (χ0) is 16.9. The minimum atomic E-state index is -0.464. The van der Waals surface area contributed by atoms with Crippen LogP contribution in [0.1, 0.15) is 12.0 Å². The molecule has 124 valence electrons. The monoisotopic (exact) mass is 340 g/mol. The maximum absolute atomic E-state index is 12.5. The van der Waals surface area contributed by atoms with Crippen LogP contribution in [0.25, 0.3) is 0 Å². The number of imide groups is 1. The summed E-state index contributed by atoms with van der Waals surface area (Å²) in [7, 11) is 0. The van der Waals surface area contributed by atoms with Gasteiger partial charge in [-0.3, -0.25) is 14.5 Å². The predicted octanol–water partition coefficient (Wildman–Crippen LogP) is 3.19. The van der Waals surface area contributed by atoms with E-state index in [4.69, 9.17) is 0 Å². The van der Waals surface area contributed by atoms with Gasteiger partial charge in [-0.15, -0.1) is 11.8 Å². The lowest BCUT2D eigenvalue weighted by atomic mass is 10.1. The second-order valence-corrected chi connectivity index (χ2v) is 6.63. The van der Waals surface area contributed by atoms with Crippen molar-refractivity contribution in [2.45, 2.75) is 23.8 Å². The summed E-state index contributed by atoms with van der Waals surface area (Å²) < 4.78 is 0. The number of carbonyl (C=O) groups excluding carboxylic acids is 2. The van der Waals surface area contributed by atoms with Crippen molar-refractivity contribution in [1.29, 1.82) is 0 Å². The van der Waals surface area contributed by atoms with E-state index in [-0.39, 0.29) is 18.2 Å². The molecule has 3 rings (SSSR count). The fraction of sp³-hybridized carbons (Fsp3) is 0.263. The van der Waals surface area contributed by atoms with E-state index in [1.807, 2.05) is 60.9 Å². The highest BCUT2D eigenvalue weighted by Gasteiger charge is 2.38. The Hall–Kier alpha value is -2.27.